The maximum Gasteiger partial charge on any atom is 0.244 e. The van der Waals surface area contributed by atoms with Crippen LogP contribution in [0.2, 0.25) is 0 Å². The van der Waals surface area contributed by atoms with E-state index in [0.29, 0.717) is 17.6 Å². The summed E-state index contributed by atoms with van der Waals surface area (Å²) in [5.74, 6) is 2.44. The molecule has 0 aromatic carbocycles. The summed E-state index contributed by atoms with van der Waals surface area (Å²) in [6, 6.07) is 1.79. The minimum absolute atomic E-state index is 0.515. The van der Waals surface area contributed by atoms with Crippen molar-refractivity contribution in [3.63, 3.8) is 0 Å². The van der Waals surface area contributed by atoms with E-state index in [1.165, 1.54) is 12.8 Å². The Hall–Kier alpha value is -2.18. The number of hydrogen-bond acceptors (Lipinski definition) is 7. The molecule has 0 fully saturated rings. The van der Waals surface area contributed by atoms with E-state index >= 15 is 0 Å². The van der Waals surface area contributed by atoms with Gasteiger partial charge in [0.15, 0.2) is 11.6 Å². The lowest BCUT2D eigenvalue weighted by molar-refractivity contribution is 0.400. The first-order chi connectivity index (χ1) is 9.28. The average Bonchev–Trinajstić information content (AvgIpc) is 2.81. The molecular weight excluding hydrogens is 244 g/mol. The van der Waals surface area contributed by atoms with Crippen LogP contribution in [0.4, 0.5) is 17.6 Å². The fraction of sp³-hybridized carbons (Fsp3) is 0.500. The number of anilines is 3. The molecule has 7 heteroatoms. The minimum atomic E-state index is 0.515. The summed E-state index contributed by atoms with van der Waals surface area (Å²) in [5, 5.41) is 17.8. The fourth-order valence-electron chi connectivity index (χ4n) is 1.57. The first kappa shape index (κ1) is 13.3. The van der Waals surface area contributed by atoms with Crippen LogP contribution in [0.25, 0.3) is 0 Å². The number of rotatable bonds is 7. The molecular formula is C12H18N6O. The molecule has 0 aliphatic carbocycles. The summed E-state index contributed by atoms with van der Waals surface area (Å²) >= 11 is 0. The number of hydrogen-bond donors (Lipinski definition) is 2. The Balaban J connectivity index is 1.91. The van der Waals surface area contributed by atoms with E-state index in [1.54, 1.807) is 12.3 Å². The predicted molar refractivity (Wildman–Crippen MR) is 72.4 cm³/mol. The van der Waals surface area contributed by atoms with E-state index in [9.17, 15) is 0 Å². The molecule has 7 nitrogen and oxygen atoms in total. The molecule has 0 bridgehead atoms. The highest BCUT2D eigenvalue weighted by atomic mass is 16.5. The van der Waals surface area contributed by atoms with Crippen LogP contribution >= 0.6 is 0 Å². The third-order valence-electron chi connectivity index (χ3n) is 2.51. The van der Waals surface area contributed by atoms with Gasteiger partial charge in [-0.2, -0.15) is 10.1 Å². The Morgan fingerprint density at radius 3 is 2.89 bits per heavy atom. The molecule has 0 radical (unpaired) electrons. The largest absolute Gasteiger partial charge is 0.360 e. The average molecular weight is 262 g/mol. The molecule has 2 rings (SSSR count). The van der Waals surface area contributed by atoms with E-state index in [4.69, 9.17) is 4.52 Å². The lowest BCUT2D eigenvalue weighted by atomic mass is 10.2. The molecule has 0 saturated heterocycles. The summed E-state index contributed by atoms with van der Waals surface area (Å²) in [6.07, 6.45) is 5.02. The zero-order valence-corrected chi connectivity index (χ0v) is 11.2. The molecule has 2 aromatic rings. The Morgan fingerprint density at radius 2 is 2.16 bits per heavy atom. The van der Waals surface area contributed by atoms with Crippen molar-refractivity contribution < 1.29 is 4.52 Å². The molecule has 0 saturated carbocycles. The second kappa shape index (κ2) is 6.67. The Labute approximate surface area is 111 Å². The van der Waals surface area contributed by atoms with Gasteiger partial charge in [-0.15, -0.1) is 5.10 Å². The zero-order chi connectivity index (χ0) is 13.5. The maximum absolute atomic E-state index is 4.97. The second-order valence-corrected chi connectivity index (χ2v) is 4.25. The number of aryl methyl sites for hydroxylation is 1. The van der Waals surface area contributed by atoms with Crippen LogP contribution in [0.15, 0.2) is 16.8 Å². The third kappa shape index (κ3) is 4.20. The van der Waals surface area contributed by atoms with Crippen LogP contribution in [0, 0.1) is 6.92 Å². The maximum atomic E-state index is 4.97. The normalized spacial score (nSPS) is 10.4. The quantitative estimate of drug-likeness (QED) is 0.741. The fourth-order valence-corrected chi connectivity index (χ4v) is 1.57. The van der Waals surface area contributed by atoms with Crippen LogP contribution in [0.5, 0.6) is 0 Å². The molecule has 0 spiro atoms. The van der Waals surface area contributed by atoms with Crippen molar-refractivity contribution in [3.05, 3.63) is 18.0 Å². The minimum Gasteiger partial charge on any atom is -0.360 e. The van der Waals surface area contributed by atoms with Crippen LogP contribution in [-0.4, -0.2) is 26.9 Å². The smallest absolute Gasteiger partial charge is 0.244 e. The molecule has 2 heterocycles. The monoisotopic (exact) mass is 262 g/mol. The Kier molecular flexibility index (Phi) is 4.66. The summed E-state index contributed by atoms with van der Waals surface area (Å²) in [6.45, 7) is 4.85. The van der Waals surface area contributed by atoms with Gasteiger partial charge in [0.2, 0.25) is 5.95 Å². The van der Waals surface area contributed by atoms with E-state index < -0.39 is 0 Å². The van der Waals surface area contributed by atoms with Gasteiger partial charge in [0, 0.05) is 12.6 Å². The molecule has 0 amide bonds. The van der Waals surface area contributed by atoms with Crippen molar-refractivity contribution in [3.8, 4) is 0 Å². The molecule has 19 heavy (non-hydrogen) atoms. The number of unbranched alkanes of at least 4 members (excludes halogenated alkanes) is 2. The molecule has 102 valence electrons. The van der Waals surface area contributed by atoms with Gasteiger partial charge in [-0.1, -0.05) is 24.9 Å². The van der Waals surface area contributed by atoms with E-state index in [1.807, 2.05) is 6.92 Å². The Bertz CT molecular complexity index is 512. The van der Waals surface area contributed by atoms with Crippen molar-refractivity contribution in [2.75, 3.05) is 17.2 Å². The van der Waals surface area contributed by atoms with Crippen LogP contribution < -0.4 is 10.6 Å². The van der Waals surface area contributed by atoms with Crippen molar-refractivity contribution in [2.24, 2.45) is 0 Å². The number of aromatic nitrogens is 4. The molecule has 0 aliphatic rings. The van der Waals surface area contributed by atoms with Gasteiger partial charge < -0.3 is 15.2 Å². The van der Waals surface area contributed by atoms with Gasteiger partial charge in [-0.3, -0.25) is 0 Å². The zero-order valence-electron chi connectivity index (χ0n) is 11.2. The topological polar surface area (TPSA) is 88.8 Å². The van der Waals surface area contributed by atoms with Crippen molar-refractivity contribution in [1.82, 2.24) is 20.3 Å². The van der Waals surface area contributed by atoms with Crippen molar-refractivity contribution in [1.29, 1.82) is 0 Å². The first-order valence-corrected chi connectivity index (χ1v) is 6.42. The molecule has 2 aromatic heterocycles. The summed E-state index contributed by atoms with van der Waals surface area (Å²) in [5.41, 5.74) is 0. The van der Waals surface area contributed by atoms with Crippen LogP contribution in [0.1, 0.15) is 31.9 Å². The number of nitrogens with zero attached hydrogens (tertiary/aromatic N) is 4. The molecule has 0 aliphatic heterocycles. The van der Waals surface area contributed by atoms with Gasteiger partial charge in [0.1, 0.15) is 5.76 Å². The first-order valence-electron chi connectivity index (χ1n) is 6.42. The summed E-state index contributed by atoms with van der Waals surface area (Å²) in [7, 11) is 0. The highest BCUT2D eigenvalue weighted by Crippen LogP contribution is 2.13. The van der Waals surface area contributed by atoms with Gasteiger partial charge >= 0.3 is 0 Å². The lowest BCUT2D eigenvalue weighted by Gasteiger charge is -2.05. The third-order valence-corrected chi connectivity index (χ3v) is 2.51. The van der Waals surface area contributed by atoms with Crippen molar-refractivity contribution >= 4 is 17.6 Å². The molecule has 2 N–H and O–H groups in total. The van der Waals surface area contributed by atoms with Crippen molar-refractivity contribution in [2.45, 2.75) is 33.1 Å². The highest BCUT2D eigenvalue weighted by Gasteiger charge is 2.03. The van der Waals surface area contributed by atoms with Gasteiger partial charge in [-0.05, 0) is 13.3 Å². The lowest BCUT2D eigenvalue weighted by Crippen LogP contribution is -2.07. The summed E-state index contributed by atoms with van der Waals surface area (Å²) < 4.78 is 4.97. The predicted octanol–water partition coefficient (Wildman–Crippen LogP) is 2.51. The second-order valence-electron chi connectivity index (χ2n) is 4.25. The van der Waals surface area contributed by atoms with E-state index in [2.05, 4.69) is 37.9 Å². The number of nitrogens with one attached hydrogen (secondary N) is 2. The van der Waals surface area contributed by atoms with Gasteiger partial charge in [-0.25, -0.2) is 0 Å². The standard InChI is InChI=1S/C12H18N6O/c1-3-4-5-6-13-12-16-11(8-14-17-12)15-10-7-9(2)19-18-10/h7-8H,3-6H2,1-2H3,(H2,13,15,16,17,18). The summed E-state index contributed by atoms with van der Waals surface area (Å²) in [4.78, 5) is 4.30. The van der Waals surface area contributed by atoms with E-state index in [-0.39, 0.29) is 0 Å². The van der Waals surface area contributed by atoms with Gasteiger partial charge in [0.05, 0.1) is 6.20 Å². The Morgan fingerprint density at radius 1 is 1.26 bits per heavy atom. The van der Waals surface area contributed by atoms with Crippen LogP contribution in [-0.2, 0) is 0 Å². The SMILES string of the molecule is CCCCCNc1nncc(Nc2cc(C)on2)n1. The van der Waals surface area contributed by atoms with E-state index in [0.717, 1.165) is 18.7 Å². The molecule has 0 atom stereocenters. The highest BCUT2D eigenvalue weighted by molar-refractivity contribution is 5.51. The van der Waals surface area contributed by atoms with Crippen LogP contribution in [0.3, 0.4) is 0 Å². The molecule has 0 unspecified atom stereocenters. The van der Waals surface area contributed by atoms with Gasteiger partial charge in [0.25, 0.3) is 0 Å².